The van der Waals surface area contributed by atoms with Gasteiger partial charge in [0.25, 0.3) is 0 Å². The Morgan fingerprint density at radius 1 is 1.03 bits per heavy atom. The van der Waals surface area contributed by atoms with E-state index in [9.17, 15) is 9.59 Å². The van der Waals surface area contributed by atoms with Crippen LogP contribution < -0.4 is 16.5 Å². The molecule has 1 unspecified atom stereocenters. The van der Waals surface area contributed by atoms with Gasteiger partial charge >= 0.3 is 0 Å². The summed E-state index contributed by atoms with van der Waals surface area (Å²) in [4.78, 5) is 29.5. The maximum absolute atomic E-state index is 13.2. The molecule has 1 atom stereocenters. The van der Waals surface area contributed by atoms with Gasteiger partial charge in [0.15, 0.2) is 11.2 Å². The van der Waals surface area contributed by atoms with Gasteiger partial charge in [0, 0.05) is 52.5 Å². The molecule has 0 fully saturated rings. The Morgan fingerprint density at radius 3 is 2.49 bits per heavy atom. The van der Waals surface area contributed by atoms with Gasteiger partial charge in [-0.15, -0.1) is 0 Å². The van der Waals surface area contributed by atoms with Gasteiger partial charge in [-0.05, 0) is 69.7 Å². The number of carbonyl (C=O) groups is 1. The number of aliphatic imine (C=N–C) groups is 1. The molecule has 4 aromatic rings. The van der Waals surface area contributed by atoms with Crippen LogP contribution in [0.15, 0.2) is 74.9 Å². The van der Waals surface area contributed by atoms with E-state index in [2.05, 4.69) is 10.3 Å². The zero-order valence-corrected chi connectivity index (χ0v) is 20.6. The highest BCUT2D eigenvalue weighted by Crippen LogP contribution is 2.32. The van der Waals surface area contributed by atoms with Gasteiger partial charge in [-0.1, -0.05) is 18.2 Å². The molecule has 0 aliphatic heterocycles. The molecule has 0 bridgehead atoms. The van der Waals surface area contributed by atoms with Gasteiger partial charge in [0.2, 0.25) is 0 Å². The third-order valence-electron chi connectivity index (χ3n) is 6.21. The average Bonchev–Trinajstić information content (AvgIpc) is 2.84. The highest BCUT2D eigenvalue weighted by atomic mass is 16.3. The first-order valence-electron chi connectivity index (χ1n) is 11.5. The number of fused-ring (bicyclic) bond motifs is 1. The summed E-state index contributed by atoms with van der Waals surface area (Å²) in [6, 6.07) is 18.0. The van der Waals surface area contributed by atoms with E-state index in [-0.39, 0.29) is 17.3 Å². The SMILES string of the molecule is CN=C(C)c1cc(-c2cc(=O)c3cc(C)cc(C(C)Nc4ccccc4C(C)=O)c3o2)ccc1N. The van der Waals surface area contributed by atoms with Gasteiger partial charge in [0.05, 0.1) is 11.4 Å². The number of hydrogen-bond acceptors (Lipinski definition) is 6. The molecule has 0 saturated carbocycles. The van der Waals surface area contributed by atoms with Crippen molar-refractivity contribution >= 4 is 33.8 Å². The zero-order valence-electron chi connectivity index (χ0n) is 20.6. The molecule has 0 saturated heterocycles. The first-order valence-corrected chi connectivity index (χ1v) is 11.5. The normalized spacial score (nSPS) is 12.5. The maximum atomic E-state index is 13.2. The van der Waals surface area contributed by atoms with E-state index in [4.69, 9.17) is 10.2 Å². The van der Waals surface area contributed by atoms with Crippen molar-refractivity contribution in [3.63, 3.8) is 0 Å². The summed E-state index contributed by atoms with van der Waals surface area (Å²) in [5.41, 5.74) is 12.6. The van der Waals surface area contributed by atoms with Crippen LogP contribution in [0.1, 0.15) is 53.9 Å². The van der Waals surface area contributed by atoms with Crippen LogP contribution in [0.5, 0.6) is 0 Å². The third kappa shape index (κ3) is 4.73. The summed E-state index contributed by atoms with van der Waals surface area (Å²) in [7, 11) is 1.71. The number of benzene rings is 3. The quantitative estimate of drug-likeness (QED) is 0.201. The number of anilines is 2. The fourth-order valence-electron chi connectivity index (χ4n) is 4.27. The van der Waals surface area contributed by atoms with Crippen molar-refractivity contribution in [1.29, 1.82) is 0 Å². The lowest BCUT2D eigenvalue weighted by atomic mass is 9.99. The molecular weight excluding hydrogens is 438 g/mol. The van der Waals surface area contributed by atoms with Crippen LogP contribution in [0.4, 0.5) is 11.4 Å². The van der Waals surface area contributed by atoms with Crippen molar-refractivity contribution in [2.45, 2.75) is 33.7 Å². The van der Waals surface area contributed by atoms with E-state index in [0.29, 0.717) is 28.0 Å². The predicted molar refractivity (Wildman–Crippen MR) is 144 cm³/mol. The number of rotatable bonds is 6. The van der Waals surface area contributed by atoms with Crippen LogP contribution in [-0.2, 0) is 0 Å². The second kappa shape index (κ2) is 9.58. The zero-order chi connectivity index (χ0) is 25.3. The molecule has 0 aliphatic carbocycles. The highest BCUT2D eigenvalue weighted by Gasteiger charge is 2.18. The minimum absolute atomic E-state index is 0.0201. The Kier molecular flexibility index (Phi) is 6.56. The lowest BCUT2D eigenvalue weighted by molar-refractivity contribution is 0.101. The predicted octanol–water partition coefficient (Wildman–Crippen LogP) is 6.17. The maximum Gasteiger partial charge on any atom is 0.193 e. The minimum atomic E-state index is -0.229. The Balaban J connectivity index is 1.86. The van der Waals surface area contributed by atoms with E-state index in [1.54, 1.807) is 26.1 Å². The van der Waals surface area contributed by atoms with Crippen molar-refractivity contribution in [3.8, 4) is 11.3 Å². The molecule has 3 aromatic carbocycles. The molecule has 1 heterocycles. The van der Waals surface area contributed by atoms with Gasteiger partial charge in [-0.2, -0.15) is 0 Å². The lowest BCUT2D eigenvalue weighted by Gasteiger charge is -2.19. The van der Waals surface area contributed by atoms with Gasteiger partial charge in [-0.3, -0.25) is 14.6 Å². The Morgan fingerprint density at radius 2 is 1.77 bits per heavy atom. The van der Waals surface area contributed by atoms with Crippen LogP contribution in [0.25, 0.3) is 22.3 Å². The summed E-state index contributed by atoms with van der Waals surface area (Å²) >= 11 is 0. The van der Waals surface area contributed by atoms with Crippen molar-refractivity contribution in [2.24, 2.45) is 4.99 Å². The number of para-hydroxylation sites is 1. The van der Waals surface area contributed by atoms with Gasteiger partial charge in [0.1, 0.15) is 11.3 Å². The summed E-state index contributed by atoms with van der Waals surface area (Å²) in [6.45, 7) is 7.37. The topological polar surface area (TPSA) is 97.7 Å². The number of aryl methyl sites for hydroxylation is 1. The Labute approximate surface area is 204 Å². The first kappa shape index (κ1) is 24.0. The third-order valence-corrected chi connectivity index (χ3v) is 6.21. The smallest absolute Gasteiger partial charge is 0.193 e. The standard InChI is InChI=1S/C29H29N3O3/c1-16-12-23(18(3)32-26-9-7-6-8-21(26)19(4)33)29-24(13-16)27(34)15-28(35-29)20-10-11-25(30)22(14-20)17(2)31-5/h6-15,18,32H,30H2,1-5H3. The molecule has 3 N–H and O–H groups in total. The molecule has 0 radical (unpaired) electrons. The van der Waals surface area contributed by atoms with E-state index in [0.717, 1.165) is 33.7 Å². The fourth-order valence-corrected chi connectivity index (χ4v) is 4.27. The number of Topliss-reactive ketones (excluding diaryl/α,β-unsaturated/α-hetero) is 1. The number of nitrogens with one attached hydrogen (secondary N) is 1. The molecule has 1 aromatic heterocycles. The van der Waals surface area contributed by atoms with E-state index < -0.39 is 0 Å². The van der Waals surface area contributed by atoms with E-state index >= 15 is 0 Å². The Bertz CT molecular complexity index is 1530. The second-order valence-electron chi connectivity index (χ2n) is 8.78. The number of nitrogen functional groups attached to an aromatic ring is 1. The number of ketones is 1. The summed E-state index contributed by atoms with van der Waals surface area (Å²) in [6.07, 6.45) is 0. The van der Waals surface area contributed by atoms with Crippen molar-refractivity contribution in [1.82, 2.24) is 0 Å². The fraction of sp³-hybridized carbons (Fsp3) is 0.207. The molecule has 178 valence electrons. The molecule has 35 heavy (non-hydrogen) atoms. The van der Waals surface area contributed by atoms with Crippen molar-refractivity contribution in [2.75, 3.05) is 18.1 Å². The molecule has 6 nitrogen and oxygen atoms in total. The second-order valence-corrected chi connectivity index (χ2v) is 8.78. The van der Waals surface area contributed by atoms with Gasteiger partial charge < -0.3 is 15.5 Å². The highest BCUT2D eigenvalue weighted by molar-refractivity contribution is 6.04. The van der Waals surface area contributed by atoms with Crippen molar-refractivity contribution < 1.29 is 9.21 Å². The van der Waals surface area contributed by atoms with Crippen LogP contribution in [0.3, 0.4) is 0 Å². The largest absolute Gasteiger partial charge is 0.455 e. The molecule has 0 aliphatic rings. The number of hydrogen-bond donors (Lipinski definition) is 2. The number of nitrogens with two attached hydrogens (primary N) is 1. The lowest BCUT2D eigenvalue weighted by Crippen LogP contribution is -2.12. The summed E-state index contributed by atoms with van der Waals surface area (Å²) < 4.78 is 6.37. The molecule has 4 rings (SSSR count). The van der Waals surface area contributed by atoms with Gasteiger partial charge in [-0.25, -0.2) is 0 Å². The summed E-state index contributed by atoms with van der Waals surface area (Å²) in [5.74, 6) is 0.433. The molecule has 0 amide bonds. The Hall–Kier alpha value is -4.19. The monoisotopic (exact) mass is 467 g/mol. The summed E-state index contributed by atoms with van der Waals surface area (Å²) in [5, 5.41) is 3.94. The molecule has 6 heteroatoms. The average molecular weight is 468 g/mol. The van der Waals surface area contributed by atoms with Crippen LogP contribution >= 0.6 is 0 Å². The molecule has 0 spiro atoms. The van der Waals surface area contributed by atoms with Crippen LogP contribution in [-0.4, -0.2) is 18.5 Å². The van der Waals surface area contributed by atoms with Crippen LogP contribution in [0, 0.1) is 6.92 Å². The van der Waals surface area contributed by atoms with Crippen molar-refractivity contribution in [3.05, 3.63) is 93.1 Å². The first-order chi connectivity index (χ1) is 16.7. The van der Waals surface area contributed by atoms with E-state index in [1.807, 2.05) is 63.2 Å². The van der Waals surface area contributed by atoms with Crippen LogP contribution in [0.2, 0.25) is 0 Å². The minimum Gasteiger partial charge on any atom is -0.455 e. The number of nitrogens with zero attached hydrogens (tertiary/aromatic N) is 1. The number of carbonyl (C=O) groups excluding carboxylic acids is 1. The molecular formula is C29H29N3O3. The van der Waals surface area contributed by atoms with E-state index in [1.165, 1.54) is 6.07 Å².